The second-order valence-corrected chi connectivity index (χ2v) is 4.90. The lowest BCUT2D eigenvalue weighted by molar-refractivity contribution is 0.485. The van der Waals surface area contributed by atoms with Crippen LogP contribution in [0.15, 0.2) is 15.7 Å². The van der Waals surface area contributed by atoms with Gasteiger partial charge >= 0.3 is 10.1 Å². The molecule has 1 rings (SSSR count). The van der Waals surface area contributed by atoms with E-state index >= 15 is 0 Å². The normalized spacial score (nSPS) is 9.33. The summed E-state index contributed by atoms with van der Waals surface area (Å²) in [7, 11) is -0.222. The fourth-order valence-corrected chi connectivity index (χ4v) is 2.40. The van der Waals surface area contributed by atoms with Gasteiger partial charge in [-0.3, -0.25) is 4.55 Å². The van der Waals surface area contributed by atoms with Crippen molar-refractivity contribution >= 4 is 28.2 Å². The third-order valence-electron chi connectivity index (χ3n) is 1.05. The second kappa shape index (κ2) is 8.54. The molecule has 5 nitrogen and oxygen atoms in total. The molecule has 0 fully saturated rings. The summed E-state index contributed by atoms with van der Waals surface area (Å²) in [4.78, 5) is 0. The molecule has 1 aromatic rings. The second-order valence-electron chi connectivity index (χ2n) is 2.37. The van der Waals surface area contributed by atoms with Crippen molar-refractivity contribution in [2.75, 3.05) is 14.1 Å². The van der Waals surface area contributed by atoms with E-state index in [4.69, 9.17) is 9.96 Å². The van der Waals surface area contributed by atoms with Gasteiger partial charge in [0.15, 0.2) is 0 Å². The van der Waals surface area contributed by atoms with Crippen LogP contribution >= 0.6 is 11.3 Å². The van der Waals surface area contributed by atoms with Crippen molar-refractivity contribution in [3.63, 3.8) is 0 Å². The zero-order valence-electron chi connectivity index (χ0n) is 8.94. The van der Waals surface area contributed by atoms with Crippen LogP contribution in [-0.2, 0) is 10.1 Å². The van der Waals surface area contributed by atoms with Gasteiger partial charge in [-0.1, -0.05) is 0 Å². The molecule has 0 saturated carbocycles. The molecule has 0 unspecified atom stereocenters. The maximum Gasteiger partial charge on any atom is 0.304 e. The molecule has 0 radical (unpaired) electrons. The van der Waals surface area contributed by atoms with Gasteiger partial charge in [0.05, 0.1) is 0 Å². The average Bonchev–Trinajstić information content (AvgIpc) is 2.55. The van der Waals surface area contributed by atoms with Crippen molar-refractivity contribution < 1.29 is 13.0 Å². The molecule has 0 aromatic carbocycles. The maximum absolute atomic E-state index is 10.5. The minimum absolute atomic E-state index is 0.0347. The summed E-state index contributed by atoms with van der Waals surface area (Å²) in [6, 6.07) is 1.65. The predicted molar refractivity (Wildman–Crippen MR) is 63.7 cm³/mol. The van der Waals surface area contributed by atoms with Gasteiger partial charge in [-0.25, -0.2) is 0 Å². The summed E-state index contributed by atoms with van der Waals surface area (Å²) in [6.45, 7) is 4.14. The van der Waals surface area contributed by atoms with Crippen molar-refractivity contribution in [1.29, 1.82) is 5.41 Å². The van der Waals surface area contributed by atoms with Crippen LogP contribution in [0.1, 0.15) is 5.56 Å². The zero-order valence-corrected chi connectivity index (χ0v) is 10.6. The van der Waals surface area contributed by atoms with Crippen molar-refractivity contribution in [1.82, 2.24) is 5.32 Å². The minimum atomic E-state index is -3.97. The van der Waals surface area contributed by atoms with Crippen LogP contribution in [0.4, 0.5) is 0 Å². The number of hydrogen-bond donors (Lipinski definition) is 3. The molecular formula is C8H16N2O3S2. The number of nitrogens with one attached hydrogen (secondary N) is 2. The van der Waals surface area contributed by atoms with Gasteiger partial charge in [0.1, 0.15) is 4.21 Å². The first kappa shape index (κ1) is 16.7. The first-order chi connectivity index (χ1) is 6.93. The monoisotopic (exact) mass is 252 g/mol. The molecule has 0 saturated heterocycles. The fourth-order valence-electron chi connectivity index (χ4n) is 0.623. The minimum Gasteiger partial charge on any atom is -0.323 e. The Hall–Kier alpha value is -0.760. The summed E-state index contributed by atoms with van der Waals surface area (Å²) in [5, 5.41) is 9.87. The Balaban J connectivity index is 0. The fraction of sp³-hybridized carbons (Fsp3) is 0.375. The van der Waals surface area contributed by atoms with E-state index in [0.29, 0.717) is 5.56 Å². The summed E-state index contributed by atoms with van der Waals surface area (Å²) in [5.74, 6) is 0. The van der Waals surface area contributed by atoms with Crippen LogP contribution in [0, 0.1) is 12.3 Å². The van der Waals surface area contributed by atoms with Gasteiger partial charge in [-0.15, -0.1) is 11.3 Å². The van der Waals surface area contributed by atoms with Crippen molar-refractivity contribution in [2.45, 2.75) is 11.1 Å². The molecule has 0 aliphatic heterocycles. The highest BCUT2D eigenvalue weighted by Crippen LogP contribution is 2.20. The van der Waals surface area contributed by atoms with Crippen LogP contribution in [0.5, 0.6) is 0 Å². The van der Waals surface area contributed by atoms with E-state index < -0.39 is 10.1 Å². The molecule has 0 aliphatic carbocycles. The Labute approximate surface area is 94.4 Å². The van der Waals surface area contributed by atoms with E-state index in [-0.39, 0.29) is 4.21 Å². The molecule has 0 aliphatic rings. The molecule has 15 heavy (non-hydrogen) atoms. The SMILES string of the molecule is C=N.CNC.Cc1ccsc1S(=O)(=O)O. The van der Waals surface area contributed by atoms with Gasteiger partial charge < -0.3 is 10.7 Å². The van der Waals surface area contributed by atoms with Gasteiger partial charge in [0.25, 0.3) is 0 Å². The third kappa shape index (κ3) is 7.20. The summed E-state index contributed by atoms with van der Waals surface area (Å²) in [5.41, 5.74) is 0.590. The van der Waals surface area contributed by atoms with Crippen LogP contribution in [0.2, 0.25) is 0 Å². The van der Waals surface area contributed by atoms with E-state index in [1.54, 1.807) is 18.4 Å². The lowest BCUT2D eigenvalue weighted by Crippen LogP contribution is -1.95. The molecule has 0 atom stereocenters. The van der Waals surface area contributed by atoms with E-state index in [9.17, 15) is 8.42 Å². The molecule has 0 spiro atoms. The number of thiophene rings is 1. The smallest absolute Gasteiger partial charge is 0.304 e. The van der Waals surface area contributed by atoms with Crippen LogP contribution in [0.3, 0.4) is 0 Å². The van der Waals surface area contributed by atoms with Crippen molar-refractivity contribution in [3.8, 4) is 0 Å². The highest BCUT2D eigenvalue weighted by atomic mass is 32.3. The first-order valence-electron chi connectivity index (χ1n) is 3.89. The molecular weight excluding hydrogens is 236 g/mol. The maximum atomic E-state index is 10.5. The molecule has 0 bridgehead atoms. The molecule has 7 heteroatoms. The zero-order chi connectivity index (χ0) is 12.5. The molecule has 1 heterocycles. The van der Waals surface area contributed by atoms with E-state index in [1.165, 1.54) is 0 Å². The number of rotatable bonds is 1. The Bertz CT molecular complexity index is 360. The third-order valence-corrected chi connectivity index (χ3v) is 3.57. The standard InChI is InChI=1S/C5H6O3S2.C2H7N.CH3N/c1-4-2-3-9-5(4)10(6,7)8;1-3-2;1-2/h2-3H,1H3,(H,6,7,8);3H,1-2H3;2H,1H2. The van der Waals surface area contributed by atoms with Gasteiger partial charge in [0.2, 0.25) is 0 Å². The summed E-state index contributed by atoms with van der Waals surface area (Å²) >= 11 is 1.02. The largest absolute Gasteiger partial charge is 0.323 e. The summed E-state index contributed by atoms with van der Waals surface area (Å²) < 4.78 is 29.5. The van der Waals surface area contributed by atoms with Crippen molar-refractivity contribution in [3.05, 3.63) is 17.0 Å². The molecule has 88 valence electrons. The Kier molecular flexibility index (Phi) is 9.49. The summed E-state index contributed by atoms with van der Waals surface area (Å²) in [6.07, 6.45) is 0. The van der Waals surface area contributed by atoms with Crippen LogP contribution in [-0.4, -0.2) is 33.8 Å². The Morgan fingerprint density at radius 2 is 1.87 bits per heavy atom. The average molecular weight is 252 g/mol. The van der Waals surface area contributed by atoms with Gasteiger partial charge in [-0.05, 0) is 44.7 Å². The number of hydrogen-bond acceptors (Lipinski definition) is 5. The van der Waals surface area contributed by atoms with E-state index in [1.807, 2.05) is 14.1 Å². The van der Waals surface area contributed by atoms with Gasteiger partial charge in [-0.2, -0.15) is 8.42 Å². The molecule has 0 amide bonds. The lowest BCUT2D eigenvalue weighted by Gasteiger charge is -1.90. The van der Waals surface area contributed by atoms with Crippen LogP contribution < -0.4 is 5.32 Å². The van der Waals surface area contributed by atoms with Gasteiger partial charge in [0, 0.05) is 0 Å². The molecule has 1 aromatic heterocycles. The van der Waals surface area contributed by atoms with Crippen molar-refractivity contribution in [2.24, 2.45) is 0 Å². The first-order valence-corrected chi connectivity index (χ1v) is 6.21. The Morgan fingerprint density at radius 1 is 1.47 bits per heavy atom. The lowest BCUT2D eigenvalue weighted by atomic mass is 10.4. The topological polar surface area (TPSA) is 90.3 Å². The Morgan fingerprint density at radius 3 is 2.00 bits per heavy atom. The number of aryl methyl sites for hydroxylation is 1. The highest BCUT2D eigenvalue weighted by molar-refractivity contribution is 7.88. The predicted octanol–water partition coefficient (Wildman–Crippen LogP) is 1.40. The molecule has 3 N–H and O–H groups in total. The quantitative estimate of drug-likeness (QED) is 0.520. The van der Waals surface area contributed by atoms with E-state index in [0.717, 1.165) is 11.3 Å². The van der Waals surface area contributed by atoms with Crippen LogP contribution in [0.25, 0.3) is 0 Å². The highest BCUT2D eigenvalue weighted by Gasteiger charge is 2.13. The van der Waals surface area contributed by atoms with E-state index in [2.05, 4.69) is 12.0 Å².